The molecule has 0 radical (unpaired) electrons. The molecule has 3 aromatic rings. The Morgan fingerprint density at radius 3 is 2.11 bits per heavy atom. The Morgan fingerprint density at radius 2 is 1.50 bits per heavy atom. The number of amides is 2. The van der Waals surface area contributed by atoms with Gasteiger partial charge in [0.25, 0.3) is 10.0 Å². The molecule has 1 atom stereocenters. The van der Waals surface area contributed by atoms with Crippen LogP contribution in [-0.4, -0.2) is 51.3 Å². The number of aryl methyl sites for hydroxylation is 1. The van der Waals surface area contributed by atoms with Crippen molar-refractivity contribution in [3.63, 3.8) is 0 Å². The van der Waals surface area contributed by atoms with Crippen molar-refractivity contribution in [2.24, 2.45) is 0 Å². The van der Waals surface area contributed by atoms with Crippen molar-refractivity contribution >= 4 is 27.5 Å². The van der Waals surface area contributed by atoms with E-state index in [1.807, 2.05) is 50.2 Å². The molecule has 8 heteroatoms. The van der Waals surface area contributed by atoms with Gasteiger partial charge in [0.05, 0.1) is 10.6 Å². The van der Waals surface area contributed by atoms with Crippen molar-refractivity contribution in [2.45, 2.75) is 38.1 Å². The fourth-order valence-electron chi connectivity index (χ4n) is 4.02. The summed E-state index contributed by atoms with van der Waals surface area (Å²) in [6, 6.07) is 22.3. The first-order valence-corrected chi connectivity index (χ1v) is 13.3. The van der Waals surface area contributed by atoms with E-state index in [2.05, 4.69) is 5.32 Å². The average Bonchev–Trinajstić information content (AvgIpc) is 2.89. The van der Waals surface area contributed by atoms with Crippen molar-refractivity contribution in [3.05, 3.63) is 95.6 Å². The number of anilines is 1. The zero-order valence-electron chi connectivity index (χ0n) is 21.1. The summed E-state index contributed by atoms with van der Waals surface area (Å²) in [5.41, 5.74) is 3.12. The molecule has 2 amide bonds. The molecular weight excluding hydrogens is 474 g/mol. The van der Waals surface area contributed by atoms with E-state index in [4.69, 9.17) is 0 Å². The minimum absolute atomic E-state index is 0.0916. The second-order valence-electron chi connectivity index (χ2n) is 8.66. The summed E-state index contributed by atoms with van der Waals surface area (Å²) in [5.74, 6) is -0.775. The molecule has 36 heavy (non-hydrogen) atoms. The molecule has 3 rings (SSSR count). The zero-order valence-corrected chi connectivity index (χ0v) is 22.0. The Bertz CT molecular complexity index is 1290. The fourth-order valence-corrected chi connectivity index (χ4v) is 5.51. The van der Waals surface area contributed by atoms with Gasteiger partial charge in [0, 0.05) is 13.6 Å². The van der Waals surface area contributed by atoms with Crippen LogP contribution in [0.4, 0.5) is 5.69 Å². The van der Waals surface area contributed by atoms with Gasteiger partial charge in [-0.05, 0) is 62.1 Å². The van der Waals surface area contributed by atoms with Crippen LogP contribution < -0.4 is 9.62 Å². The van der Waals surface area contributed by atoms with E-state index in [-0.39, 0.29) is 17.3 Å². The van der Waals surface area contributed by atoms with E-state index in [1.165, 1.54) is 24.1 Å². The third kappa shape index (κ3) is 6.12. The van der Waals surface area contributed by atoms with Crippen molar-refractivity contribution in [2.75, 3.05) is 24.4 Å². The highest BCUT2D eigenvalue weighted by molar-refractivity contribution is 7.92. The molecule has 0 aliphatic heterocycles. The summed E-state index contributed by atoms with van der Waals surface area (Å²) < 4.78 is 28.7. The zero-order chi connectivity index (χ0) is 26.3. The monoisotopic (exact) mass is 507 g/mol. The largest absolute Gasteiger partial charge is 0.357 e. The van der Waals surface area contributed by atoms with E-state index >= 15 is 0 Å². The van der Waals surface area contributed by atoms with Crippen molar-refractivity contribution in [1.82, 2.24) is 10.2 Å². The van der Waals surface area contributed by atoms with E-state index in [1.54, 1.807) is 37.3 Å². The van der Waals surface area contributed by atoms with Crippen molar-refractivity contribution in [3.8, 4) is 0 Å². The molecule has 190 valence electrons. The van der Waals surface area contributed by atoms with Crippen LogP contribution in [0, 0.1) is 13.8 Å². The smallest absolute Gasteiger partial charge is 0.264 e. The predicted molar refractivity (Wildman–Crippen MR) is 142 cm³/mol. The molecular formula is C28H33N3O4S. The van der Waals surface area contributed by atoms with Gasteiger partial charge >= 0.3 is 0 Å². The lowest BCUT2D eigenvalue weighted by atomic mass is 10.1. The van der Waals surface area contributed by atoms with E-state index in [9.17, 15) is 18.0 Å². The van der Waals surface area contributed by atoms with E-state index in [0.717, 1.165) is 21.0 Å². The highest BCUT2D eigenvalue weighted by Crippen LogP contribution is 2.29. The van der Waals surface area contributed by atoms with Gasteiger partial charge in [0.1, 0.15) is 12.6 Å². The second-order valence-corrected chi connectivity index (χ2v) is 10.5. The van der Waals surface area contributed by atoms with Gasteiger partial charge in [-0.2, -0.15) is 0 Å². The van der Waals surface area contributed by atoms with Crippen molar-refractivity contribution in [1.29, 1.82) is 0 Å². The van der Waals surface area contributed by atoms with Crippen LogP contribution in [0.15, 0.2) is 83.8 Å². The Hall–Kier alpha value is -3.65. The molecule has 1 unspecified atom stereocenters. The van der Waals surface area contributed by atoms with Crippen LogP contribution in [0.5, 0.6) is 0 Å². The fraction of sp³-hybridized carbons (Fsp3) is 0.286. The number of benzene rings is 3. The first kappa shape index (κ1) is 26.9. The predicted octanol–water partition coefficient (Wildman–Crippen LogP) is 3.70. The van der Waals surface area contributed by atoms with Gasteiger partial charge < -0.3 is 10.2 Å². The van der Waals surface area contributed by atoms with Crippen LogP contribution in [-0.2, 0) is 26.0 Å². The van der Waals surface area contributed by atoms with Gasteiger partial charge in [0.15, 0.2) is 0 Å². The van der Waals surface area contributed by atoms with Crippen LogP contribution in [0.1, 0.15) is 23.6 Å². The molecule has 0 bridgehead atoms. The molecule has 0 fully saturated rings. The molecule has 0 aromatic heterocycles. The quantitative estimate of drug-likeness (QED) is 0.453. The number of carbonyl (C=O) groups excluding carboxylic acids is 2. The van der Waals surface area contributed by atoms with Crippen LogP contribution >= 0.6 is 0 Å². The maximum absolute atomic E-state index is 13.8. The lowest BCUT2D eigenvalue weighted by Gasteiger charge is -2.32. The Labute approximate surface area is 213 Å². The summed E-state index contributed by atoms with van der Waals surface area (Å²) in [5, 5.41) is 2.59. The lowest BCUT2D eigenvalue weighted by Crippen LogP contribution is -2.51. The maximum Gasteiger partial charge on any atom is 0.264 e. The highest BCUT2D eigenvalue weighted by Gasteiger charge is 2.32. The molecule has 0 spiro atoms. The second kappa shape index (κ2) is 11.9. The molecule has 7 nitrogen and oxygen atoms in total. The molecule has 0 saturated heterocycles. The topological polar surface area (TPSA) is 86.8 Å². The van der Waals surface area contributed by atoms with Crippen LogP contribution in [0.3, 0.4) is 0 Å². The minimum atomic E-state index is -4.06. The number of nitrogens with one attached hydrogen (secondary N) is 1. The number of sulfonamides is 1. The number of hydrogen-bond donors (Lipinski definition) is 1. The van der Waals surface area contributed by atoms with Gasteiger partial charge in [-0.15, -0.1) is 0 Å². The lowest BCUT2D eigenvalue weighted by molar-refractivity contribution is -0.138. The minimum Gasteiger partial charge on any atom is -0.357 e. The number of hydrogen-bond acceptors (Lipinski definition) is 4. The molecule has 0 saturated carbocycles. The summed E-state index contributed by atoms with van der Waals surface area (Å²) >= 11 is 0. The third-order valence-electron chi connectivity index (χ3n) is 6.35. The SMILES string of the molecule is CNC(=O)C(C)N(CCc1ccccc1)C(=O)CN(c1cccc(C)c1C)S(=O)(=O)c1ccccc1. The number of rotatable bonds is 10. The molecule has 0 heterocycles. The summed E-state index contributed by atoms with van der Waals surface area (Å²) in [6.45, 7) is 5.22. The van der Waals surface area contributed by atoms with Gasteiger partial charge in [-0.25, -0.2) is 8.42 Å². The molecule has 3 aromatic carbocycles. The Balaban J connectivity index is 2.00. The summed E-state index contributed by atoms with van der Waals surface area (Å²) in [7, 11) is -2.54. The van der Waals surface area contributed by atoms with Gasteiger partial charge in [-0.3, -0.25) is 13.9 Å². The molecule has 1 N–H and O–H groups in total. The first-order chi connectivity index (χ1) is 17.2. The van der Waals surface area contributed by atoms with Crippen LogP contribution in [0.25, 0.3) is 0 Å². The van der Waals surface area contributed by atoms with Gasteiger partial charge in [-0.1, -0.05) is 60.7 Å². The molecule has 0 aliphatic rings. The van der Waals surface area contributed by atoms with Crippen LogP contribution in [0.2, 0.25) is 0 Å². The van der Waals surface area contributed by atoms with E-state index < -0.39 is 28.5 Å². The summed E-state index contributed by atoms with van der Waals surface area (Å²) in [4.78, 5) is 27.8. The number of likely N-dealkylation sites (N-methyl/N-ethyl adjacent to an activating group) is 1. The Kier molecular flexibility index (Phi) is 8.88. The summed E-state index contributed by atoms with van der Waals surface area (Å²) in [6.07, 6.45) is 0.531. The first-order valence-electron chi connectivity index (χ1n) is 11.9. The maximum atomic E-state index is 13.8. The van der Waals surface area contributed by atoms with Crippen molar-refractivity contribution < 1.29 is 18.0 Å². The number of carbonyl (C=O) groups is 2. The molecule has 0 aliphatic carbocycles. The van der Waals surface area contributed by atoms with E-state index in [0.29, 0.717) is 12.1 Å². The standard InChI is InChI=1S/C28H33N3O4S/c1-21-12-11-17-26(22(21)2)31(36(34,35)25-15-9-6-10-16-25)20-27(32)30(23(3)28(33)29-4)19-18-24-13-7-5-8-14-24/h5-17,23H,18-20H2,1-4H3,(H,29,33). The number of nitrogens with zero attached hydrogens (tertiary/aromatic N) is 2. The Morgan fingerprint density at radius 1 is 0.889 bits per heavy atom. The van der Waals surface area contributed by atoms with Gasteiger partial charge in [0.2, 0.25) is 11.8 Å². The third-order valence-corrected chi connectivity index (χ3v) is 8.13. The highest BCUT2D eigenvalue weighted by atomic mass is 32.2. The average molecular weight is 508 g/mol. The normalized spacial score (nSPS) is 12.0.